The number of halogens is 1. The van der Waals surface area contributed by atoms with E-state index >= 15 is 4.39 Å². The molecule has 0 aliphatic carbocycles. The molecule has 0 amide bonds. The molecule has 4 heterocycles. The van der Waals surface area contributed by atoms with E-state index in [0.717, 1.165) is 73.0 Å². The second-order valence-corrected chi connectivity index (χ2v) is 10.8. The molecule has 2 aromatic heterocycles. The summed E-state index contributed by atoms with van der Waals surface area (Å²) in [5, 5.41) is 0. The molecule has 0 unspecified atom stereocenters. The van der Waals surface area contributed by atoms with E-state index in [0.29, 0.717) is 37.1 Å². The zero-order valence-electron chi connectivity index (χ0n) is 23.1. The van der Waals surface area contributed by atoms with Gasteiger partial charge < -0.3 is 14.5 Å². The zero-order valence-corrected chi connectivity index (χ0v) is 23.1. The molecule has 0 saturated carbocycles. The van der Waals surface area contributed by atoms with Gasteiger partial charge in [-0.3, -0.25) is 9.30 Å². The summed E-state index contributed by atoms with van der Waals surface area (Å²) in [7, 11) is 4.27. The van der Waals surface area contributed by atoms with Crippen LogP contribution in [0.3, 0.4) is 0 Å². The molecule has 6 rings (SSSR count). The summed E-state index contributed by atoms with van der Waals surface area (Å²) in [5.74, 6) is 0.597. The summed E-state index contributed by atoms with van der Waals surface area (Å²) in [6.07, 6.45) is 5.83. The van der Waals surface area contributed by atoms with E-state index in [9.17, 15) is 0 Å². The van der Waals surface area contributed by atoms with Gasteiger partial charge in [-0.25, -0.2) is 19.2 Å². The highest BCUT2D eigenvalue weighted by molar-refractivity contribution is 5.91. The minimum atomic E-state index is -0.238. The zero-order chi connectivity index (χ0) is 27.6. The monoisotopic (exact) mass is 539 g/mol. The highest BCUT2D eigenvalue weighted by Gasteiger charge is 2.26. The molecule has 9 heteroatoms. The number of fused-ring (bicyclic) bond motifs is 1. The Hall–Kier alpha value is -3.84. The van der Waals surface area contributed by atoms with Crippen LogP contribution >= 0.6 is 0 Å². The molecule has 2 aliphatic rings. The molecule has 0 atom stereocenters. The summed E-state index contributed by atoms with van der Waals surface area (Å²) in [6, 6.07) is 13.5. The van der Waals surface area contributed by atoms with Gasteiger partial charge in [0.25, 0.3) is 0 Å². The lowest BCUT2D eigenvalue weighted by molar-refractivity contribution is 0.0337. The summed E-state index contributed by atoms with van der Waals surface area (Å²) in [4.78, 5) is 20.4. The number of benzene rings is 2. The van der Waals surface area contributed by atoms with Gasteiger partial charge in [-0.15, -0.1) is 0 Å². The van der Waals surface area contributed by atoms with Gasteiger partial charge >= 0.3 is 0 Å². The number of rotatable bonds is 6. The Morgan fingerprint density at radius 3 is 2.42 bits per heavy atom. The van der Waals surface area contributed by atoms with E-state index in [1.54, 1.807) is 24.4 Å². The van der Waals surface area contributed by atoms with Crippen molar-refractivity contribution in [2.24, 2.45) is 0 Å². The highest BCUT2D eigenvalue weighted by atomic mass is 19.1. The van der Waals surface area contributed by atoms with Crippen LogP contribution in [0.25, 0.3) is 32.9 Å². The first kappa shape index (κ1) is 26.4. The second-order valence-electron chi connectivity index (χ2n) is 10.8. The molecule has 0 radical (unpaired) electrons. The lowest BCUT2D eigenvalue weighted by atomic mass is 9.98. The first-order valence-corrected chi connectivity index (χ1v) is 13.9. The number of aromatic nitrogens is 3. The highest BCUT2D eigenvalue weighted by Crippen LogP contribution is 2.38. The van der Waals surface area contributed by atoms with Crippen molar-refractivity contribution in [2.75, 3.05) is 58.4 Å². The van der Waals surface area contributed by atoms with Crippen molar-refractivity contribution in [3.8, 4) is 22.4 Å². The smallest absolute Gasteiger partial charge is 0.211 e. The fourth-order valence-electron chi connectivity index (χ4n) is 5.77. The molecular weight excluding hydrogens is 505 g/mol. The molecule has 0 N–H and O–H groups in total. The first-order chi connectivity index (χ1) is 19.5. The normalized spacial score (nSPS) is 17.0. The number of hydrogen-bond donors (Lipinski definition) is 0. The summed E-state index contributed by atoms with van der Waals surface area (Å²) >= 11 is 0. The number of anilines is 1. The third kappa shape index (κ3) is 5.18. The molecule has 8 nitrogen and oxygen atoms in total. The van der Waals surface area contributed by atoms with Crippen molar-refractivity contribution < 1.29 is 9.13 Å². The fourth-order valence-corrected chi connectivity index (χ4v) is 5.77. The van der Waals surface area contributed by atoms with E-state index < -0.39 is 0 Å². The van der Waals surface area contributed by atoms with Crippen LogP contribution in [0.1, 0.15) is 18.4 Å². The summed E-state index contributed by atoms with van der Waals surface area (Å²) in [5.41, 5.74) is 5.09. The van der Waals surface area contributed by atoms with Crippen molar-refractivity contribution in [2.45, 2.75) is 25.4 Å². The van der Waals surface area contributed by atoms with Gasteiger partial charge in [-0.1, -0.05) is 36.4 Å². The van der Waals surface area contributed by atoms with Crippen LogP contribution in [0.15, 0.2) is 54.9 Å². The van der Waals surface area contributed by atoms with E-state index in [-0.39, 0.29) is 5.82 Å². The Balaban J connectivity index is 1.44. The van der Waals surface area contributed by atoms with Crippen molar-refractivity contribution in [1.82, 2.24) is 24.2 Å². The van der Waals surface area contributed by atoms with Crippen LogP contribution in [-0.4, -0.2) is 83.7 Å². The van der Waals surface area contributed by atoms with Crippen LogP contribution in [0, 0.1) is 12.4 Å². The fraction of sp³-hybridized carbons (Fsp3) is 0.387. The molecule has 206 valence electrons. The van der Waals surface area contributed by atoms with Gasteiger partial charge in [-0.05, 0) is 44.1 Å². The third-order valence-corrected chi connectivity index (χ3v) is 8.12. The van der Waals surface area contributed by atoms with Crippen molar-refractivity contribution in [1.29, 1.82) is 0 Å². The van der Waals surface area contributed by atoms with Crippen LogP contribution in [-0.2, 0) is 11.3 Å². The van der Waals surface area contributed by atoms with Crippen molar-refractivity contribution in [3.63, 3.8) is 0 Å². The minimum Gasteiger partial charge on any atom is -0.379 e. The molecule has 4 aromatic rings. The minimum absolute atomic E-state index is 0.238. The van der Waals surface area contributed by atoms with Gasteiger partial charge in [0, 0.05) is 56.7 Å². The number of ether oxygens (including phenoxy) is 1. The molecular formula is C31H34FN7O. The molecule has 2 aromatic carbocycles. The lowest BCUT2D eigenvalue weighted by Crippen LogP contribution is -2.43. The molecule has 0 bridgehead atoms. The average Bonchev–Trinajstić information content (AvgIpc) is 3.48. The Bertz CT molecular complexity index is 1530. The van der Waals surface area contributed by atoms with Gasteiger partial charge in [-0.2, -0.15) is 0 Å². The largest absolute Gasteiger partial charge is 0.379 e. The van der Waals surface area contributed by atoms with E-state index in [4.69, 9.17) is 21.3 Å². The molecule has 2 fully saturated rings. The Kier molecular flexibility index (Phi) is 7.48. The molecule has 2 aliphatic heterocycles. The number of piperidine rings is 1. The quantitative estimate of drug-likeness (QED) is 0.317. The third-order valence-electron chi connectivity index (χ3n) is 8.12. The maximum atomic E-state index is 15.6. The lowest BCUT2D eigenvalue weighted by Gasteiger charge is -2.36. The molecule has 40 heavy (non-hydrogen) atoms. The van der Waals surface area contributed by atoms with Gasteiger partial charge in [0.15, 0.2) is 5.69 Å². The number of imidazole rings is 1. The summed E-state index contributed by atoms with van der Waals surface area (Å²) < 4.78 is 23.0. The van der Waals surface area contributed by atoms with Gasteiger partial charge in [0.1, 0.15) is 11.5 Å². The van der Waals surface area contributed by atoms with Crippen molar-refractivity contribution >= 4 is 17.3 Å². The number of hydrogen-bond acceptors (Lipinski definition) is 6. The average molecular weight is 540 g/mol. The number of nitrogens with zero attached hydrogens (tertiary/aromatic N) is 7. The van der Waals surface area contributed by atoms with Gasteiger partial charge in [0.05, 0.1) is 31.0 Å². The van der Waals surface area contributed by atoms with Crippen LogP contribution in [0.4, 0.5) is 16.0 Å². The predicted molar refractivity (Wildman–Crippen MR) is 155 cm³/mol. The maximum absolute atomic E-state index is 15.6. The van der Waals surface area contributed by atoms with E-state index in [1.165, 1.54) is 0 Å². The standard InChI is InChI=1S/C31H34FN7O/c1-33-25-8-6-22(7-9-25)29-28(23-4-5-24(27(32)20-23)21-37-16-18-40-19-17-37)30-34-12-15-39(30)31(35-29)38-13-10-26(11-14-38)36(2)3/h4-9,12,15,20,26H,10-11,13-14,16-19,21H2,2-3H3. The first-order valence-electron chi connectivity index (χ1n) is 13.9. The topological polar surface area (TPSA) is 53.5 Å². The molecule has 0 spiro atoms. The second kappa shape index (κ2) is 11.3. The van der Waals surface area contributed by atoms with E-state index in [1.807, 2.05) is 34.9 Å². The van der Waals surface area contributed by atoms with Crippen LogP contribution in [0.2, 0.25) is 0 Å². The number of morpholine rings is 1. The van der Waals surface area contributed by atoms with Crippen LogP contribution < -0.4 is 4.90 Å². The predicted octanol–water partition coefficient (Wildman–Crippen LogP) is 5.12. The Morgan fingerprint density at radius 1 is 1.02 bits per heavy atom. The Labute approximate surface area is 234 Å². The summed E-state index contributed by atoms with van der Waals surface area (Å²) in [6.45, 7) is 12.7. The van der Waals surface area contributed by atoms with Crippen molar-refractivity contribution in [3.05, 3.63) is 77.7 Å². The maximum Gasteiger partial charge on any atom is 0.211 e. The molecule has 2 saturated heterocycles. The Morgan fingerprint density at radius 2 is 1.75 bits per heavy atom. The SMILES string of the molecule is [C-]#[N+]c1ccc(-c2nc(N3CCC(N(C)C)CC3)n3ccnc3c2-c2ccc(CN3CCOCC3)c(F)c2)cc1. The van der Waals surface area contributed by atoms with Gasteiger partial charge in [0.2, 0.25) is 5.95 Å². The van der Waals surface area contributed by atoms with E-state index in [2.05, 4.69) is 33.6 Å². The van der Waals surface area contributed by atoms with Crippen LogP contribution in [0.5, 0.6) is 0 Å².